The van der Waals surface area contributed by atoms with Gasteiger partial charge in [0.15, 0.2) is 5.43 Å². The van der Waals surface area contributed by atoms with Gasteiger partial charge in [-0.25, -0.2) is 8.78 Å². The number of aromatic nitrogens is 1. The average Bonchev–Trinajstić information content (AvgIpc) is 2.68. The lowest BCUT2D eigenvalue weighted by Gasteiger charge is -2.12. The van der Waals surface area contributed by atoms with Gasteiger partial charge in [-0.05, 0) is 62.1 Å². The lowest BCUT2D eigenvalue weighted by Crippen LogP contribution is -2.16. The summed E-state index contributed by atoms with van der Waals surface area (Å²) in [5.41, 5.74) is 1.57. The maximum absolute atomic E-state index is 14.3. The minimum absolute atomic E-state index is 0.00802. The summed E-state index contributed by atoms with van der Waals surface area (Å²) in [7, 11) is 3.88. The highest BCUT2D eigenvalue weighted by Crippen LogP contribution is 2.22. The van der Waals surface area contributed by atoms with Crippen molar-refractivity contribution < 1.29 is 13.6 Å². The van der Waals surface area contributed by atoms with Crippen LogP contribution in [-0.2, 0) is 6.54 Å². The molecule has 0 saturated heterocycles. The molecule has 152 valence electrons. The second-order valence-corrected chi connectivity index (χ2v) is 7.41. The van der Waals surface area contributed by atoms with Crippen molar-refractivity contribution >= 4 is 33.4 Å². The van der Waals surface area contributed by atoms with Crippen LogP contribution in [0, 0.1) is 11.6 Å². The first-order valence-corrected chi connectivity index (χ1v) is 9.31. The van der Waals surface area contributed by atoms with Gasteiger partial charge in [-0.3, -0.25) is 9.59 Å². The van der Waals surface area contributed by atoms with E-state index < -0.39 is 23.0 Å². The van der Waals surface area contributed by atoms with Crippen LogP contribution in [0.25, 0.3) is 21.8 Å². The van der Waals surface area contributed by atoms with E-state index in [1.807, 2.05) is 37.2 Å². The molecule has 4 aromatic rings. The van der Waals surface area contributed by atoms with Crippen molar-refractivity contribution in [3.05, 3.63) is 87.6 Å². The predicted molar refractivity (Wildman–Crippen MR) is 114 cm³/mol. The fourth-order valence-corrected chi connectivity index (χ4v) is 3.50. The van der Waals surface area contributed by atoms with E-state index in [2.05, 4.69) is 10.3 Å². The molecule has 0 unspecified atom stereocenters. The van der Waals surface area contributed by atoms with Gasteiger partial charge in [0.2, 0.25) is 0 Å². The number of hydrogen-bond acceptors (Lipinski definition) is 3. The number of H-pyrrole nitrogens is 1. The Kier molecular flexibility index (Phi) is 5.05. The van der Waals surface area contributed by atoms with Crippen LogP contribution < -0.4 is 10.7 Å². The number of rotatable bonds is 4. The highest BCUT2D eigenvalue weighted by molar-refractivity contribution is 6.13. The van der Waals surface area contributed by atoms with Crippen LogP contribution in [0.3, 0.4) is 0 Å². The first-order chi connectivity index (χ1) is 14.3. The summed E-state index contributed by atoms with van der Waals surface area (Å²) in [6.07, 6.45) is 0. The average molecular weight is 407 g/mol. The molecule has 0 saturated carbocycles. The van der Waals surface area contributed by atoms with Gasteiger partial charge in [0, 0.05) is 28.5 Å². The summed E-state index contributed by atoms with van der Waals surface area (Å²) in [5.74, 6) is -1.85. The molecule has 1 heterocycles. The van der Waals surface area contributed by atoms with E-state index in [0.717, 1.165) is 23.8 Å². The molecule has 2 N–H and O–H groups in total. The molecule has 0 radical (unpaired) electrons. The van der Waals surface area contributed by atoms with Crippen LogP contribution in [0.4, 0.5) is 14.5 Å². The zero-order valence-electron chi connectivity index (χ0n) is 16.4. The second-order valence-electron chi connectivity index (χ2n) is 7.41. The van der Waals surface area contributed by atoms with Gasteiger partial charge in [-0.1, -0.05) is 12.1 Å². The first kappa shape index (κ1) is 19.7. The van der Waals surface area contributed by atoms with Crippen molar-refractivity contribution in [1.29, 1.82) is 0 Å². The number of amides is 1. The summed E-state index contributed by atoms with van der Waals surface area (Å²) in [4.78, 5) is 30.7. The first-order valence-electron chi connectivity index (χ1n) is 9.31. The topological polar surface area (TPSA) is 65.2 Å². The number of halogens is 2. The number of carbonyl (C=O) groups excluding carboxylic acids is 1. The van der Waals surface area contributed by atoms with Crippen LogP contribution in [0.2, 0.25) is 0 Å². The van der Waals surface area contributed by atoms with Crippen molar-refractivity contribution in [3.8, 4) is 0 Å². The Morgan fingerprint density at radius 1 is 1.00 bits per heavy atom. The third kappa shape index (κ3) is 3.79. The number of hydrogen-bond donors (Lipinski definition) is 2. The molecule has 4 rings (SSSR count). The standard InChI is InChI=1S/C23H19F2N3O2/c1-28(2)12-13-4-3-5-16(8-13)26-23(30)19-11-15(25)10-18-21(19)27-20-7-6-14(24)9-17(20)22(18)29/h3-11H,12H2,1-2H3,(H,26,30)(H,27,29). The van der Waals surface area contributed by atoms with Gasteiger partial charge in [0.25, 0.3) is 5.91 Å². The van der Waals surface area contributed by atoms with E-state index in [9.17, 15) is 18.4 Å². The normalized spacial score (nSPS) is 11.4. The lowest BCUT2D eigenvalue weighted by atomic mass is 10.0. The SMILES string of the molecule is CN(C)Cc1cccc(NC(=O)c2cc(F)cc3c(=O)c4cc(F)ccc4[nH]c23)c1. The van der Waals surface area contributed by atoms with Gasteiger partial charge in [0.05, 0.1) is 11.1 Å². The van der Waals surface area contributed by atoms with Crippen molar-refractivity contribution in [2.24, 2.45) is 0 Å². The van der Waals surface area contributed by atoms with E-state index in [-0.39, 0.29) is 21.9 Å². The fraction of sp³-hybridized carbons (Fsp3) is 0.130. The molecule has 0 bridgehead atoms. The summed E-state index contributed by atoms with van der Waals surface area (Å²) < 4.78 is 27.8. The Balaban J connectivity index is 1.80. The summed E-state index contributed by atoms with van der Waals surface area (Å²) in [5, 5.41) is 2.84. The number of fused-ring (bicyclic) bond motifs is 2. The maximum atomic E-state index is 14.3. The molecule has 3 aromatic carbocycles. The number of nitrogens with one attached hydrogen (secondary N) is 2. The predicted octanol–water partition coefficient (Wildman–Crippen LogP) is 4.27. The fourth-order valence-electron chi connectivity index (χ4n) is 3.50. The molecular formula is C23H19F2N3O2. The molecule has 0 aliphatic carbocycles. The van der Waals surface area contributed by atoms with Crippen molar-refractivity contribution in [2.75, 3.05) is 19.4 Å². The Morgan fingerprint density at radius 2 is 1.77 bits per heavy atom. The van der Waals surface area contributed by atoms with Gasteiger partial charge >= 0.3 is 0 Å². The summed E-state index contributed by atoms with van der Waals surface area (Å²) in [6.45, 7) is 0.697. The molecule has 5 nitrogen and oxygen atoms in total. The van der Waals surface area contributed by atoms with E-state index in [0.29, 0.717) is 17.7 Å². The molecule has 0 atom stereocenters. The van der Waals surface area contributed by atoms with Gasteiger partial charge < -0.3 is 15.2 Å². The molecule has 7 heteroatoms. The summed E-state index contributed by atoms with van der Waals surface area (Å²) >= 11 is 0. The van der Waals surface area contributed by atoms with Gasteiger partial charge in [0.1, 0.15) is 11.6 Å². The minimum Gasteiger partial charge on any atom is -0.354 e. The Hall–Kier alpha value is -3.58. The molecule has 1 amide bonds. The minimum atomic E-state index is -0.727. The monoisotopic (exact) mass is 407 g/mol. The van der Waals surface area contributed by atoms with Crippen LogP contribution in [0.15, 0.2) is 59.4 Å². The van der Waals surface area contributed by atoms with Crippen molar-refractivity contribution in [1.82, 2.24) is 9.88 Å². The van der Waals surface area contributed by atoms with Crippen LogP contribution in [-0.4, -0.2) is 29.9 Å². The number of nitrogens with zero attached hydrogens (tertiary/aromatic N) is 1. The highest BCUT2D eigenvalue weighted by atomic mass is 19.1. The molecule has 0 fully saturated rings. The van der Waals surface area contributed by atoms with Crippen LogP contribution >= 0.6 is 0 Å². The number of aromatic amines is 1. The zero-order valence-corrected chi connectivity index (χ0v) is 16.4. The zero-order chi connectivity index (χ0) is 21.4. The Bertz CT molecular complexity index is 1350. The Morgan fingerprint density at radius 3 is 2.53 bits per heavy atom. The quantitative estimate of drug-likeness (QED) is 0.497. The number of anilines is 1. The smallest absolute Gasteiger partial charge is 0.257 e. The Labute approximate surface area is 170 Å². The third-order valence-corrected chi connectivity index (χ3v) is 4.76. The van der Waals surface area contributed by atoms with Crippen LogP contribution in [0.5, 0.6) is 0 Å². The van der Waals surface area contributed by atoms with E-state index >= 15 is 0 Å². The largest absolute Gasteiger partial charge is 0.354 e. The summed E-state index contributed by atoms with van der Waals surface area (Å²) in [6, 6.07) is 13.2. The van der Waals surface area contributed by atoms with Crippen molar-refractivity contribution in [2.45, 2.75) is 6.54 Å². The number of pyridine rings is 1. The third-order valence-electron chi connectivity index (χ3n) is 4.76. The van der Waals surface area contributed by atoms with Crippen molar-refractivity contribution in [3.63, 3.8) is 0 Å². The molecule has 1 aromatic heterocycles. The number of benzene rings is 3. The van der Waals surface area contributed by atoms with Crippen LogP contribution in [0.1, 0.15) is 15.9 Å². The van der Waals surface area contributed by atoms with E-state index in [4.69, 9.17) is 0 Å². The lowest BCUT2D eigenvalue weighted by molar-refractivity contribution is 0.102. The molecule has 0 aliphatic rings. The molecule has 0 spiro atoms. The van der Waals surface area contributed by atoms with Gasteiger partial charge in [-0.15, -0.1) is 0 Å². The maximum Gasteiger partial charge on any atom is 0.257 e. The second kappa shape index (κ2) is 7.68. The van der Waals surface area contributed by atoms with Gasteiger partial charge in [-0.2, -0.15) is 0 Å². The van der Waals surface area contributed by atoms with E-state index in [1.165, 1.54) is 12.1 Å². The molecule has 0 aliphatic heterocycles. The van der Waals surface area contributed by atoms with E-state index in [1.54, 1.807) is 6.07 Å². The number of carbonyl (C=O) groups is 1. The molecule has 30 heavy (non-hydrogen) atoms. The highest BCUT2D eigenvalue weighted by Gasteiger charge is 2.17. The molecular weight excluding hydrogens is 388 g/mol.